The van der Waals surface area contributed by atoms with Crippen LogP contribution >= 0.6 is 24.0 Å². The molecule has 0 unspecified atom stereocenters. The summed E-state index contributed by atoms with van der Waals surface area (Å²) in [4.78, 5) is 15.4. The van der Waals surface area contributed by atoms with Gasteiger partial charge in [-0.15, -0.1) is 12.4 Å². The van der Waals surface area contributed by atoms with Crippen molar-refractivity contribution in [3.63, 3.8) is 0 Å². The quantitative estimate of drug-likeness (QED) is 0.644. The van der Waals surface area contributed by atoms with Gasteiger partial charge in [-0.2, -0.15) is 0 Å². The van der Waals surface area contributed by atoms with Gasteiger partial charge in [-0.1, -0.05) is 23.7 Å². The topological polar surface area (TPSA) is 66.5 Å². The molecule has 2 aromatic rings. The molecule has 2 aromatic carbocycles. The Morgan fingerprint density at radius 2 is 1.62 bits per heavy atom. The Morgan fingerprint density at radius 3 is 2.16 bits per heavy atom. The van der Waals surface area contributed by atoms with Crippen LogP contribution in [-0.4, -0.2) is 50.7 Å². The van der Waals surface area contributed by atoms with Crippen molar-refractivity contribution in [3.8, 4) is 0 Å². The van der Waals surface area contributed by atoms with E-state index in [2.05, 4.69) is 22.3 Å². The SMILES string of the molecule is CS(=O)(=O)c1ccc(C(=O)N[C@@H]2CC[C@@H]2N2CCC(Cc3ccc(Cl)cc3)CC2)cc1.Cl. The molecule has 32 heavy (non-hydrogen) atoms. The highest BCUT2D eigenvalue weighted by atomic mass is 35.5. The first-order valence-electron chi connectivity index (χ1n) is 10.9. The summed E-state index contributed by atoms with van der Waals surface area (Å²) in [5.74, 6) is 0.561. The van der Waals surface area contributed by atoms with E-state index in [0.717, 1.165) is 37.4 Å². The Morgan fingerprint density at radius 1 is 1.00 bits per heavy atom. The second kappa shape index (κ2) is 10.6. The van der Waals surface area contributed by atoms with E-state index in [1.165, 1.54) is 36.8 Å². The Bertz CT molecular complexity index is 1020. The molecule has 1 amide bonds. The van der Waals surface area contributed by atoms with E-state index in [-0.39, 0.29) is 29.3 Å². The maximum atomic E-state index is 12.6. The number of carbonyl (C=O) groups is 1. The third kappa shape index (κ3) is 6.04. The monoisotopic (exact) mass is 496 g/mol. The lowest BCUT2D eigenvalue weighted by molar-refractivity contribution is 0.0490. The normalized spacial score (nSPS) is 21.9. The number of nitrogens with one attached hydrogen (secondary N) is 1. The molecule has 1 saturated heterocycles. The number of sulfone groups is 1. The fourth-order valence-corrected chi connectivity index (χ4v) is 5.39. The molecule has 1 saturated carbocycles. The van der Waals surface area contributed by atoms with Crippen molar-refractivity contribution in [2.75, 3.05) is 19.3 Å². The number of rotatable bonds is 6. The lowest BCUT2D eigenvalue weighted by Crippen LogP contribution is -2.59. The van der Waals surface area contributed by atoms with Gasteiger partial charge in [0.1, 0.15) is 0 Å². The standard InChI is InChI=1S/C24H29ClN2O3S.ClH/c1-31(29,30)21-8-4-19(5-9-21)24(28)26-22-10-11-23(22)27-14-12-18(13-15-27)16-17-2-6-20(25)7-3-17;/h2-9,18,22-23H,10-16H2,1H3,(H,26,28);1H/t22-,23+;/m1./s1. The summed E-state index contributed by atoms with van der Waals surface area (Å²) >= 11 is 5.98. The van der Waals surface area contributed by atoms with Gasteiger partial charge in [0.15, 0.2) is 9.84 Å². The molecule has 0 aromatic heterocycles. The zero-order valence-electron chi connectivity index (χ0n) is 18.2. The first kappa shape index (κ1) is 25.0. The number of hydrogen-bond donors (Lipinski definition) is 1. The number of benzene rings is 2. The van der Waals surface area contributed by atoms with Crippen LogP contribution in [0.4, 0.5) is 0 Å². The van der Waals surface area contributed by atoms with Crippen molar-refractivity contribution >= 4 is 39.8 Å². The zero-order valence-corrected chi connectivity index (χ0v) is 20.6. The number of piperidine rings is 1. The Balaban J connectivity index is 0.00000289. The number of hydrogen-bond acceptors (Lipinski definition) is 4. The summed E-state index contributed by atoms with van der Waals surface area (Å²) in [5, 5.41) is 3.93. The Hall–Kier alpha value is -1.60. The number of nitrogens with zero attached hydrogens (tertiary/aromatic N) is 1. The van der Waals surface area contributed by atoms with Gasteiger partial charge in [0, 0.05) is 28.9 Å². The second-order valence-electron chi connectivity index (χ2n) is 8.83. The van der Waals surface area contributed by atoms with Crippen LogP contribution in [0, 0.1) is 5.92 Å². The van der Waals surface area contributed by atoms with Crippen molar-refractivity contribution in [2.45, 2.75) is 49.1 Å². The average Bonchev–Trinajstić information content (AvgIpc) is 2.73. The molecule has 0 spiro atoms. The molecule has 1 heterocycles. The fourth-order valence-electron chi connectivity index (χ4n) is 4.64. The summed E-state index contributed by atoms with van der Waals surface area (Å²) in [6.07, 6.45) is 6.71. The summed E-state index contributed by atoms with van der Waals surface area (Å²) < 4.78 is 23.2. The highest BCUT2D eigenvalue weighted by Gasteiger charge is 2.38. The van der Waals surface area contributed by atoms with Gasteiger partial charge >= 0.3 is 0 Å². The smallest absolute Gasteiger partial charge is 0.251 e. The highest BCUT2D eigenvalue weighted by molar-refractivity contribution is 7.90. The van der Waals surface area contributed by atoms with Gasteiger partial charge in [-0.25, -0.2) is 8.42 Å². The van der Waals surface area contributed by atoms with E-state index < -0.39 is 9.84 Å². The van der Waals surface area contributed by atoms with Crippen LogP contribution in [0.2, 0.25) is 5.02 Å². The summed E-state index contributed by atoms with van der Waals surface area (Å²) in [7, 11) is -3.26. The second-order valence-corrected chi connectivity index (χ2v) is 11.3. The minimum absolute atomic E-state index is 0. The molecule has 8 heteroatoms. The van der Waals surface area contributed by atoms with Crippen LogP contribution in [0.3, 0.4) is 0 Å². The lowest BCUT2D eigenvalue weighted by atomic mass is 9.82. The minimum atomic E-state index is -3.26. The maximum absolute atomic E-state index is 12.6. The number of amides is 1. The van der Waals surface area contributed by atoms with Crippen LogP contribution in [0.1, 0.15) is 41.6 Å². The van der Waals surface area contributed by atoms with Crippen molar-refractivity contribution < 1.29 is 13.2 Å². The molecule has 2 fully saturated rings. The van der Waals surface area contributed by atoms with Gasteiger partial charge in [-0.3, -0.25) is 9.69 Å². The maximum Gasteiger partial charge on any atom is 0.251 e. The molecule has 5 nitrogen and oxygen atoms in total. The van der Waals surface area contributed by atoms with Crippen molar-refractivity contribution in [1.29, 1.82) is 0 Å². The van der Waals surface area contributed by atoms with Crippen LogP contribution in [0.15, 0.2) is 53.4 Å². The number of likely N-dealkylation sites (tertiary alicyclic amines) is 1. The number of halogens is 2. The molecule has 4 rings (SSSR count). The van der Waals surface area contributed by atoms with E-state index in [0.29, 0.717) is 17.5 Å². The van der Waals surface area contributed by atoms with Crippen LogP contribution < -0.4 is 5.32 Å². The van der Waals surface area contributed by atoms with Crippen molar-refractivity contribution in [1.82, 2.24) is 10.2 Å². The Labute approximate surface area is 201 Å². The van der Waals surface area contributed by atoms with Gasteiger partial charge in [0.2, 0.25) is 0 Å². The highest BCUT2D eigenvalue weighted by Crippen LogP contribution is 2.31. The molecule has 0 radical (unpaired) electrons. The summed E-state index contributed by atoms with van der Waals surface area (Å²) in [5.41, 5.74) is 1.85. The molecular formula is C24H30Cl2N2O3S. The minimum Gasteiger partial charge on any atom is -0.348 e. The summed E-state index contributed by atoms with van der Waals surface area (Å²) in [6.45, 7) is 2.14. The van der Waals surface area contributed by atoms with Crippen molar-refractivity contribution in [3.05, 3.63) is 64.7 Å². The zero-order chi connectivity index (χ0) is 22.0. The molecule has 1 N–H and O–H groups in total. The van der Waals surface area contributed by atoms with Crippen molar-refractivity contribution in [2.24, 2.45) is 5.92 Å². The molecule has 1 aliphatic carbocycles. The average molecular weight is 497 g/mol. The molecule has 2 aliphatic rings. The molecule has 2 atom stereocenters. The van der Waals surface area contributed by atoms with Gasteiger partial charge in [0.05, 0.1) is 4.90 Å². The third-order valence-electron chi connectivity index (χ3n) is 6.65. The van der Waals surface area contributed by atoms with Gasteiger partial charge < -0.3 is 5.32 Å². The fraction of sp³-hybridized carbons (Fsp3) is 0.458. The molecule has 1 aliphatic heterocycles. The molecule has 0 bridgehead atoms. The first-order chi connectivity index (χ1) is 14.8. The van der Waals surface area contributed by atoms with Crippen LogP contribution in [-0.2, 0) is 16.3 Å². The van der Waals surface area contributed by atoms with Crippen LogP contribution in [0.5, 0.6) is 0 Å². The van der Waals surface area contributed by atoms with Gasteiger partial charge in [-0.05, 0) is 93.1 Å². The molecular weight excluding hydrogens is 467 g/mol. The third-order valence-corrected chi connectivity index (χ3v) is 8.04. The lowest BCUT2D eigenvalue weighted by Gasteiger charge is -2.47. The van der Waals surface area contributed by atoms with Crippen LogP contribution in [0.25, 0.3) is 0 Å². The largest absolute Gasteiger partial charge is 0.348 e. The van der Waals surface area contributed by atoms with Gasteiger partial charge in [0.25, 0.3) is 5.91 Å². The Kier molecular flexibility index (Phi) is 8.26. The summed E-state index contributed by atoms with van der Waals surface area (Å²) in [6, 6.07) is 14.9. The van der Waals surface area contributed by atoms with E-state index >= 15 is 0 Å². The predicted molar refractivity (Wildman–Crippen MR) is 131 cm³/mol. The first-order valence-corrected chi connectivity index (χ1v) is 13.2. The molecule has 174 valence electrons. The predicted octanol–water partition coefficient (Wildman–Crippen LogP) is 4.38. The van der Waals surface area contributed by atoms with E-state index in [1.807, 2.05) is 12.1 Å². The number of carbonyl (C=O) groups excluding carboxylic acids is 1. The van der Waals surface area contributed by atoms with E-state index in [1.54, 1.807) is 12.1 Å². The van der Waals surface area contributed by atoms with E-state index in [9.17, 15) is 13.2 Å². The van der Waals surface area contributed by atoms with E-state index in [4.69, 9.17) is 11.6 Å².